The summed E-state index contributed by atoms with van der Waals surface area (Å²) in [5.74, 6) is 1.39. The first kappa shape index (κ1) is 16.8. The predicted molar refractivity (Wildman–Crippen MR) is 93.4 cm³/mol. The number of benzene rings is 2. The highest BCUT2D eigenvalue weighted by Crippen LogP contribution is 2.32. The van der Waals surface area contributed by atoms with Crippen LogP contribution in [0.3, 0.4) is 0 Å². The van der Waals surface area contributed by atoms with Crippen LogP contribution >= 0.6 is 0 Å². The van der Waals surface area contributed by atoms with E-state index in [1.54, 1.807) is 6.07 Å². The standard InChI is InChI=1S/C20H24FNO2/c1-15-5-8-18(9-6-15)24-19-10-7-16(21)14-20(19)23-13-11-17-4-3-12-22(17)2/h5-10,14,17H,3-4,11-13H2,1-2H3/t17-/m1/s1. The summed E-state index contributed by atoms with van der Waals surface area (Å²) in [6.07, 6.45) is 3.38. The van der Waals surface area contributed by atoms with Crippen molar-refractivity contribution in [3.05, 3.63) is 53.8 Å². The molecule has 0 aromatic heterocycles. The monoisotopic (exact) mass is 329 g/mol. The van der Waals surface area contributed by atoms with Gasteiger partial charge in [0.25, 0.3) is 0 Å². The van der Waals surface area contributed by atoms with Crippen LogP contribution in [0.5, 0.6) is 17.2 Å². The lowest BCUT2D eigenvalue weighted by Gasteiger charge is -2.20. The number of rotatable bonds is 6. The second-order valence-electron chi connectivity index (χ2n) is 6.42. The molecule has 1 aliphatic heterocycles. The summed E-state index contributed by atoms with van der Waals surface area (Å²) >= 11 is 0. The molecule has 24 heavy (non-hydrogen) atoms. The summed E-state index contributed by atoms with van der Waals surface area (Å²) in [6, 6.07) is 12.7. The molecule has 1 fully saturated rings. The van der Waals surface area contributed by atoms with E-state index >= 15 is 0 Å². The minimum absolute atomic E-state index is 0.320. The minimum Gasteiger partial charge on any atom is -0.490 e. The Labute approximate surface area is 143 Å². The molecule has 1 atom stereocenters. The largest absolute Gasteiger partial charge is 0.490 e. The number of nitrogens with zero attached hydrogens (tertiary/aromatic N) is 1. The molecule has 128 valence electrons. The number of hydrogen-bond donors (Lipinski definition) is 0. The van der Waals surface area contributed by atoms with E-state index < -0.39 is 0 Å². The van der Waals surface area contributed by atoms with E-state index in [2.05, 4.69) is 11.9 Å². The van der Waals surface area contributed by atoms with Gasteiger partial charge in [0.05, 0.1) is 6.61 Å². The molecule has 3 rings (SSSR count). The van der Waals surface area contributed by atoms with Gasteiger partial charge in [-0.1, -0.05) is 17.7 Å². The lowest BCUT2D eigenvalue weighted by molar-refractivity contribution is 0.228. The first-order valence-electron chi connectivity index (χ1n) is 8.49. The van der Waals surface area contributed by atoms with Crippen LogP contribution in [0.2, 0.25) is 0 Å². The molecule has 0 radical (unpaired) electrons. The van der Waals surface area contributed by atoms with Gasteiger partial charge in [-0.3, -0.25) is 0 Å². The van der Waals surface area contributed by atoms with E-state index in [0.29, 0.717) is 29.9 Å². The van der Waals surface area contributed by atoms with Gasteiger partial charge >= 0.3 is 0 Å². The zero-order valence-corrected chi connectivity index (χ0v) is 14.3. The van der Waals surface area contributed by atoms with Crippen LogP contribution in [0.15, 0.2) is 42.5 Å². The summed E-state index contributed by atoms with van der Waals surface area (Å²) in [4.78, 5) is 2.36. The van der Waals surface area contributed by atoms with Gasteiger partial charge in [-0.15, -0.1) is 0 Å². The Kier molecular flexibility index (Phi) is 5.36. The highest BCUT2D eigenvalue weighted by Gasteiger charge is 2.20. The van der Waals surface area contributed by atoms with Crippen LogP contribution in [-0.2, 0) is 0 Å². The molecule has 1 aliphatic rings. The van der Waals surface area contributed by atoms with Crippen molar-refractivity contribution in [1.82, 2.24) is 4.90 Å². The molecular formula is C20H24FNO2. The molecule has 2 aromatic rings. The van der Waals surface area contributed by atoms with Crippen molar-refractivity contribution in [3.63, 3.8) is 0 Å². The van der Waals surface area contributed by atoms with Crippen LogP contribution < -0.4 is 9.47 Å². The van der Waals surface area contributed by atoms with Crippen molar-refractivity contribution in [2.24, 2.45) is 0 Å². The Balaban J connectivity index is 1.65. The maximum absolute atomic E-state index is 13.6. The van der Waals surface area contributed by atoms with Crippen molar-refractivity contribution in [3.8, 4) is 17.2 Å². The van der Waals surface area contributed by atoms with Crippen LogP contribution in [0.25, 0.3) is 0 Å². The van der Waals surface area contributed by atoms with Crippen molar-refractivity contribution in [2.45, 2.75) is 32.2 Å². The zero-order valence-electron chi connectivity index (χ0n) is 14.3. The van der Waals surface area contributed by atoms with Gasteiger partial charge in [-0.05, 0) is 64.0 Å². The van der Waals surface area contributed by atoms with Gasteiger partial charge in [0.1, 0.15) is 11.6 Å². The summed E-state index contributed by atoms with van der Waals surface area (Å²) in [5, 5.41) is 0. The first-order chi connectivity index (χ1) is 11.6. The highest BCUT2D eigenvalue weighted by molar-refractivity contribution is 5.43. The number of halogens is 1. The molecule has 4 heteroatoms. The zero-order chi connectivity index (χ0) is 16.9. The summed E-state index contributed by atoms with van der Waals surface area (Å²) in [7, 11) is 2.14. The molecule has 0 bridgehead atoms. The molecule has 1 saturated heterocycles. The Bertz CT molecular complexity index is 672. The average molecular weight is 329 g/mol. The quantitative estimate of drug-likeness (QED) is 0.760. The number of likely N-dealkylation sites (tertiary alicyclic amines) is 1. The van der Waals surface area contributed by atoms with Gasteiger partial charge in [-0.2, -0.15) is 0 Å². The minimum atomic E-state index is -0.320. The molecule has 2 aromatic carbocycles. The Morgan fingerprint density at radius 3 is 2.62 bits per heavy atom. The molecule has 0 unspecified atom stereocenters. The molecule has 0 saturated carbocycles. The van der Waals surface area contributed by atoms with Gasteiger partial charge in [0.15, 0.2) is 11.5 Å². The predicted octanol–water partition coefficient (Wildman–Crippen LogP) is 4.79. The van der Waals surface area contributed by atoms with Crippen LogP contribution in [0.1, 0.15) is 24.8 Å². The van der Waals surface area contributed by atoms with Gasteiger partial charge < -0.3 is 14.4 Å². The van der Waals surface area contributed by atoms with Gasteiger partial charge in [0, 0.05) is 12.1 Å². The fourth-order valence-corrected chi connectivity index (χ4v) is 3.06. The third-order valence-electron chi connectivity index (χ3n) is 4.53. The second-order valence-corrected chi connectivity index (χ2v) is 6.42. The van der Waals surface area contributed by atoms with Crippen molar-refractivity contribution in [1.29, 1.82) is 0 Å². The number of aryl methyl sites for hydroxylation is 1. The molecular weight excluding hydrogens is 305 g/mol. The van der Waals surface area contributed by atoms with E-state index in [1.807, 2.05) is 31.2 Å². The fourth-order valence-electron chi connectivity index (χ4n) is 3.06. The summed E-state index contributed by atoms with van der Waals surface area (Å²) < 4.78 is 25.3. The Morgan fingerprint density at radius 2 is 1.92 bits per heavy atom. The Morgan fingerprint density at radius 1 is 1.12 bits per heavy atom. The molecule has 0 aliphatic carbocycles. The fraction of sp³-hybridized carbons (Fsp3) is 0.400. The summed E-state index contributed by atoms with van der Waals surface area (Å²) in [6.45, 7) is 3.73. The topological polar surface area (TPSA) is 21.7 Å². The average Bonchev–Trinajstić information content (AvgIpc) is 2.97. The van der Waals surface area contributed by atoms with E-state index in [1.165, 1.54) is 30.5 Å². The van der Waals surface area contributed by atoms with E-state index in [9.17, 15) is 4.39 Å². The van der Waals surface area contributed by atoms with Crippen LogP contribution in [-0.4, -0.2) is 31.1 Å². The third-order valence-corrected chi connectivity index (χ3v) is 4.53. The van der Waals surface area contributed by atoms with E-state index in [-0.39, 0.29) is 5.82 Å². The van der Waals surface area contributed by atoms with Crippen molar-refractivity contribution >= 4 is 0 Å². The number of ether oxygens (including phenoxy) is 2. The summed E-state index contributed by atoms with van der Waals surface area (Å²) in [5.41, 5.74) is 1.17. The number of hydrogen-bond acceptors (Lipinski definition) is 3. The molecule has 0 N–H and O–H groups in total. The van der Waals surface area contributed by atoms with Crippen molar-refractivity contribution in [2.75, 3.05) is 20.2 Å². The lowest BCUT2D eigenvalue weighted by Crippen LogP contribution is -2.26. The third kappa shape index (κ3) is 4.26. The van der Waals surface area contributed by atoms with Crippen LogP contribution in [0.4, 0.5) is 4.39 Å². The Hall–Kier alpha value is -2.07. The maximum atomic E-state index is 13.6. The molecule has 0 amide bonds. The van der Waals surface area contributed by atoms with E-state index in [0.717, 1.165) is 13.0 Å². The normalized spacial score (nSPS) is 17.9. The maximum Gasteiger partial charge on any atom is 0.169 e. The SMILES string of the molecule is Cc1ccc(Oc2ccc(F)cc2OCC[C@H]2CCCN2C)cc1. The van der Waals surface area contributed by atoms with Crippen molar-refractivity contribution < 1.29 is 13.9 Å². The van der Waals surface area contributed by atoms with Gasteiger partial charge in [0.2, 0.25) is 0 Å². The highest BCUT2D eigenvalue weighted by atomic mass is 19.1. The lowest BCUT2D eigenvalue weighted by atomic mass is 10.1. The smallest absolute Gasteiger partial charge is 0.169 e. The first-order valence-corrected chi connectivity index (χ1v) is 8.49. The van der Waals surface area contributed by atoms with Crippen LogP contribution in [0, 0.1) is 12.7 Å². The second kappa shape index (κ2) is 7.67. The molecule has 3 nitrogen and oxygen atoms in total. The van der Waals surface area contributed by atoms with Gasteiger partial charge in [-0.25, -0.2) is 4.39 Å². The molecule has 1 heterocycles. The van der Waals surface area contributed by atoms with E-state index in [4.69, 9.17) is 9.47 Å². The molecule has 0 spiro atoms.